The number of aromatic nitrogens is 4. The number of hydrogen-bond donors (Lipinski definition) is 0. The van der Waals surface area contributed by atoms with E-state index in [0.717, 1.165) is 44.0 Å². The standard InChI is InChI=1S/C20H23N5O/c1-23-20(26)25(18-7-3-2-4-8-18)19(22-23)17-9-12-24(13-10-17)15-16-6-5-11-21-14-16/h2-8,11,14,17H,9-10,12-13,15H2,1H3. The van der Waals surface area contributed by atoms with E-state index in [1.165, 1.54) is 10.2 Å². The fourth-order valence-corrected chi connectivity index (χ4v) is 3.67. The molecule has 6 heteroatoms. The predicted octanol–water partition coefficient (Wildman–Crippen LogP) is 2.35. The van der Waals surface area contributed by atoms with Gasteiger partial charge < -0.3 is 0 Å². The highest BCUT2D eigenvalue weighted by molar-refractivity contribution is 5.33. The summed E-state index contributed by atoms with van der Waals surface area (Å²) in [7, 11) is 1.73. The largest absolute Gasteiger partial charge is 0.350 e. The summed E-state index contributed by atoms with van der Waals surface area (Å²) in [5, 5.41) is 4.56. The molecular weight excluding hydrogens is 326 g/mol. The summed E-state index contributed by atoms with van der Waals surface area (Å²) in [5.41, 5.74) is 2.05. The maximum Gasteiger partial charge on any atom is 0.350 e. The Balaban J connectivity index is 1.52. The zero-order valence-electron chi connectivity index (χ0n) is 15.0. The quantitative estimate of drug-likeness (QED) is 0.725. The van der Waals surface area contributed by atoms with Gasteiger partial charge in [-0.25, -0.2) is 14.0 Å². The molecule has 1 saturated heterocycles. The highest BCUT2D eigenvalue weighted by atomic mass is 16.2. The molecule has 0 N–H and O–H groups in total. The minimum atomic E-state index is -0.0796. The van der Waals surface area contributed by atoms with Crippen LogP contribution >= 0.6 is 0 Å². The summed E-state index contributed by atoms with van der Waals surface area (Å²) in [6, 6.07) is 13.9. The molecule has 1 aliphatic rings. The van der Waals surface area contributed by atoms with Gasteiger partial charge in [-0.15, -0.1) is 0 Å². The van der Waals surface area contributed by atoms with Crippen LogP contribution in [0.4, 0.5) is 0 Å². The van der Waals surface area contributed by atoms with Crippen molar-refractivity contribution in [3.05, 3.63) is 76.7 Å². The molecule has 4 rings (SSSR count). The van der Waals surface area contributed by atoms with Crippen molar-refractivity contribution in [2.45, 2.75) is 25.3 Å². The number of pyridine rings is 1. The SMILES string of the molecule is Cn1nc(C2CCN(Cc3cccnc3)CC2)n(-c2ccccc2)c1=O. The van der Waals surface area contributed by atoms with Gasteiger partial charge in [0.2, 0.25) is 0 Å². The van der Waals surface area contributed by atoms with Crippen LogP contribution in [0.5, 0.6) is 0 Å². The lowest BCUT2D eigenvalue weighted by atomic mass is 9.95. The minimum absolute atomic E-state index is 0.0796. The average molecular weight is 349 g/mol. The van der Waals surface area contributed by atoms with E-state index in [1.807, 2.05) is 42.6 Å². The summed E-state index contributed by atoms with van der Waals surface area (Å²) in [6.45, 7) is 2.92. The van der Waals surface area contributed by atoms with Crippen molar-refractivity contribution >= 4 is 0 Å². The molecule has 1 fully saturated rings. The molecule has 3 aromatic rings. The van der Waals surface area contributed by atoms with Crippen molar-refractivity contribution in [1.29, 1.82) is 0 Å². The van der Waals surface area contributed by atoms with Crippen LogP contribution in [-0.2, 0) is 13.6 Å². The maximum absolute atomic E-state index is 12.6. The van der Waals surface area contributed by atoms with E-state index in [0.29, 0.717) is 5.92 Å². The van der Waals surface area contributed by atoms with Gasteiger partial charge in [0.15, 0.2) is 0 Å². The minimum Gasteiger partial charge on any atom is -0.299 e. The third kappa shape index (κ3) is 3.32. The molecule has 0 saturated carbocycles. The molecule has 0 unspecified atom stereocenters. The van der Waals surface area contributed by atoms with Crippen LogP contribution in [0.25, 0.3) is 5.69 Å². The lowest BCUT2D eigenvalue weighted by molar-refractivity contribution is 0.200. The van der Waals surface area contributed by atoms with E-state index < -0.39 is 0 Å². The first-order chi connectivity index (χ1) is 12.7. The van der Waals surface area contributed by atoms with E-state index in [2.05, 4.69) is 21.0 Å². The van der Waals surface area contributed by atoms with Crippen molar-refractivity contribution in [2.75, 3.05) is 13.1 Å². The van der Waals surface area contributed by atoms with Gasteiger partial charge in [0, 0.05) is 31.9 Å². The molecule has 0 bridgehead atoms. The van der Waals surface area contributed by atoms with Crippen molar-refractivity contribution in [3.63, 3.8) is 0 Å². The predicted molar refractivity (Wildman–Crippen MR) is 100 cm³/mol. The van der Waals surface area contributed by atoms with E-state index in [1.54, 1.807) is 17.8 Å². The molecule has 0 atom stereocenters. The number of benzene rings is 1. The Morgan fingerprint density at radius 1 is 1.08 bits per heavy atom. The van der Waals surface area contributed by atoms with Gasteiger partial charge in [0.25, 0.3) is 0 Å². The molecule has 6 nitrogen and oxygen atoms in total. The third-order valence-electron chi connectivity index (χ3n) is 5.05. The molecule has 26 heavy (non-hydrogen) atoms. The third-order valence-corrected chi connectivity index (χ3v) is 5.05. The summed E-state index contributed by atoms with van der Waals surface area (Å²) in [4.78, 5) is 19.2. The number of nitrogens with zero attached hydrogens (tertiary/aromatic N) is 5. The molecule has 0 amide bonds. The van der Waals surface area contributed by atoms with Gasteiger partial charge in [-0.3, -0.25) is 9.88 Å². The first-order valence-corrected chi connectivity index (χ1v) is 9.05. The Morgan fingerprint density at radius 2 is 1.85 bits per heavy atom. The number of para-hydroxylation sites is 1. The van der Waals surface area contributed by atoms with Crippen molar-refractivity contribution < 1.29 is 0 Å². The fourth-order valence-electron chi connectivity index (χ4n) is 3.67. The number of hydrogen-bond acceptors (Lipinski definition) is 4. The van der Waals surface area contributed by atoms with Gasteiger partial charge in [0.1, 0.15) is 5.82 Å². The zero-order chi connectivity index (χ0) is 17.9. The van der Waals surface area contributed by atoms with Crippen molar-refractivity contribution in [2.24, 2.45) is 7.05 Å². The van der Waals surface area contributed by atoms with E-state index in [-0.39, 0.29) is 5.69 Å². The van der Waals surface area contributed by atoms with Gasteiger partial charge >= 0.3 is 5.69 Å². The van der Waals surface area contributed by atoms with Gasteiger partial charge in [-0.2, -0.15) is 5.10 Å². The number of rotatable bonds is 4. The molecule has 134 valence electrons. The van der Waals surface area contributed by atoms with E-state index in [4.69, 9.17) is 0 Å². The molecular formula is C20H23N5O. The Hall–Kier alpha value is -2.73. The van der Waals surface area contributed by atoms with Crippen LogP contribution in [0, 0.1) is 0 Å². The second kappa shape index (κ2) is 7.25. The monoisotopic (exact) mass is 349 g/mol. The van der Waals surface area contributed by atoms with Gasteiger partial charge in [-0.05, 0) is 49.7 Å². The lowest BCUT2D eigenvalue weighted by Gasteiger charge is -2.31. The zero-order valence-corrected chi connectivity index (χ0v) is 15.0. The highest BCUT2D eigenvalue weighted by Crippen LogP contribution is 2.28. The smallest absolute Gasteiger partial charge is 0.299 e. The van der Waals surface area contributed by atoms with Crippen molar-refractivity contribution in [1.82, 2.24) is 24.2 Å². The summed E-state index contributed by atoms with van der Waals surface area (Å²) >= 11 is 0. The fraction of sp³-hybridized carbons (Fsp3) is 0.350. The summed E-state index contributed by atoms with van der Waals surface area (Å²) in [6.07, 6.45) is 5.74. The van der Waals surface area contributed by atoms with Gasteiger partial charge in [-0.1, -0.05) is 24.3 Å². The van der Waals surface area contributed by atoms with Crippen molar-refractivity contribution in [3.8, 4) is 5.69 Å². The van der Waals surface area contributed by atoms with Crippen LogP contribution in [0.1, 0.15) is 30.1 Å². The Morgan fingerprint density at radius 3 is 2.54 bits per heavy atom. The summed E-state index contributed by atoms with van der Waals surface area (Å²) in [5.74, 6) is 1.18. The first-order valence-electron chi connectivity index (χ1n) is 9.05. The van der Waals surface area contributed by atoms with Crippen LogP contribution in [0.3, 0.4) is 0 Å². The van der Waals surface area contributed by atoms with Crippen LogP contribution in [-0.4, -0.2) is 37.3 Å². The molecule has 3 heterocycles. The number of likely N-dealkylation sites (tertiary alicyclic amines) is 1. The number of piperidine rings is 1. The number of aryl methyl sites for hydroxylation is 1. The van der Waals surface area contributed by atoms with E-state index >= 15 is 0 Å². The second-order valence-electron chi connectivity index (χ2n) is 6.85. The highest BCUT2D eigenvalue weighted by Gasteiger charge is 2.26. The Kier molecular flexibility index (Phi) is 4.67. The van der Waals surface area contributed by atoms with E-state index in [9.17, 15) is 4.79 Å². The van der Waals surface area contributed by atoms with Crippen LogP contribution in [0.15, 0.2) is 59.7 Å². The molecule has 1 aromatic carbocycles. The average Bonchev–Trinajstić information content (AvgIpc) is 2.99. The molecule has 2 aromatic heterocycles. The van der Waals surface area contributed by atoms with Crippen LogP contribution in [0.2, 0.25) is 0 Å². The van der Waals surface area contributed by atoms with Gasteiger partial charge in [0.05, 0.1) is 5.69 Å². The first kappa shape index (κ1) is 16.7. The molecule has 0 aliphatic carbocycles. The van der Waals surface area contributed by atoms with Crippen LogP contribution < -0.4 is 5.69 Å². The molecule has 1 aliphatic heterocycles. The Labute approximate surface area is 152 Å². The molecule has 0 radical (unpaired) electrons. The second-order valence-corrected chi connectivity index (χ2v) is 6.85. The topological polar surface area (TPSA) is 56.0 Å². The maximum atomic E-state index is 12.6. The molecule has 0 spiro atoms. The Bertz CT molecular complexity index is 908. The normalized spacial score (nSPS) is 16.0. The lowest BCUT2D eigenvalue weighted by Crippen LogP contribution is -2.33. The summed E-state index contributed by atoms with van der Waals surface area (Å²) < 4.78 is 3.21.